The van der Waals surface area contributed by atoms with E-state index in [0.717, 1.165) is 95.3 Å². The summed E-state index contributed by atoms with van der Waals surface area (Å²) in [6, 6.07) is 15.6. The number of aromatic nitrogens is 2. The number of methoxy groups -OCH3 is 1. The molecule has 0 saturated carbocycles. The first-order valence-electron chi connectivity index (χ1n) is 24.0. The Kier molecular flexibility index (Phi) is 20.8. The molecule has 1 saturated heterocycles. The molecular formula is C53H76N8O8. The standard InChI is InChI=1S/C39H52N4O5.C14H24N4O3/c1-8-43-36-17-16-30(31-20-29(21-32(46)22-31)14-11-9-10-12-19-41-42-27(3)44)23-34(36)35(24-39(5,6)25-48-28(4)45)38(43)33-15-13-18-40-37(33)26(2)47-7;1-5-11(19)17-6-8-18(9-7-17)14(21)16(4)12(10(2)3)13(15)20/h13,15-18,20-23,26,41,46H,8-12,14,19,24-25H2,1-7H3,(H,42,44);5,10,12H,1,6-9H2,2-4H3,(H2,15,20). The molecule has 4 aromatic rings. The number of piperazine rings is 1. The number of phenols is 1. The van der Waals surface area contributed by atoms with Gasteiger partial charge in [-0.05, 0) is 110 Å². The summed E-state index contributed by atoms with van der Waals surface area (Å²) in [4.78, 5) is 67.6. The highest BCUT2D eigenvalue weighted by molar-refractivity contribution is 5.95. The maximum absolute atomic E-state index is 12.4. The maximum atomic E-state index is 12.4. The van der Waals surface area contributed by atoms with Gasteiger partial charge in [0.2, 0.25) is 17.7 Å². The van der Waals surface area contributed by atoms with E-state index in [0.29, 0.717) is 39.2 Å². The van der Waals surface area contributed by atoms with Crippen molar-refractivity contribution in [2.75, 3.05) is 53.5 Å². The number of amides is 5. The van der Waals surface area contributed by atoms with Crippen molar-refractivity contribution in [1.29, 1.82) is 0 Å². The number of rotatable bonds is 21. The Bertz CT molecular complexity index is 2400. The number of aromatic hydroxyl groups is 1. The lowest BCUT2D eigenvalue weighted by molar-refractivity contribution is -0.144. The van der Waals surface area contributed by atoms with E-state index in [2.05, 4.69) is 73.1 Å². The van der Waals surface area contributed by atoms with E-state index in [9.17, 15) is 29.1 Å². The van der Waals surface area contributed by atoms with E-state index < -0.39 is 11.9 Å². The van der Waals surface area contributed by atoms with Crippen molar-refractivity contribution in [3.8, 4) is 28.1 Å². The molecule has 376 valence electrons. The first kappa shape index (κ1) is 55.3. The topological polar surface area (TPSA) is 202 Å². The lowest BCUT2D eigenvalue weighted by Gasteiger charge is -2.38. The van der Waals surface area contributed by atoms with Crippen molar-refractivity contribution in [2.45, 2.75) is 113 Å². The second-order valence-corrected chi connectivity index (χ2v) is 18.9. The molecule has 1 aliphatic heterocycles. The third-order valence-corrected chi connectivity index (χ3v) is 12.4. The van der Waals surface area contributed by atoms with Gasteiger partial charge >= 0.3 is 12.0 Å². The molecule has 0 radical (unpaired) electrons. The average molecular weight is 953 g/mol. The molecule has 1 fully saturated rings. The van der Waals surface area contributed by atoms with Crippen LogP contribution in [0.4, 0.5) is 4.79 Å². The monoisotopic (exact) mass is 953 g/mol. The molecule has 5 amide bonds. The fourth-order valence-corrected chi connectivity index (χ4v) is 8.92. The Morgan fingerprint density at radius 2 is 1.64 bits per heavy atom. The second kappa shape index (κ2) is 25.9. The smallest absolute Gasteiger partial charge is 0.320 e. The molecule has 1 aliphatic rings. The van der Waals surface area contributed by atoms with Crippen LogP contribution in [0.2, 0.25) is 0 Å². The van der Waals surface area contributed by atoms with E-state index in [1.807, 2.05) is 39.0 Å². The van der Waals surface area contributed by atoms with Crippen molar-refractivity contribution < 1.29 is 38.6 Å². The summed E-state index contributed by atoms with van der Waals surface area (Å²) >= 11 is 0. The van der Waals surface area contributed by atoms with Crippen LogP contribution in [-0.2, 0) is 48.0 Å². The van der Waals surface area contributed by atoms with Crippen molar-refractivity contribution in [2.24, 2.45) is 17.1 Å². The quantitative estimate of drug-likeness (QED) is 0.0280. The average Bonchev–Trinajstić information content (AvgIpc) is 3.61. The first-order chi connectivity index (χ1) is 32.7. The summed E-state index contributed by atoms with van der Waals surface area (Å²) in [7, 11) is 3.28. The molecule has 0 spiro atoms. The highest BCUT2D eigenvalue weighted by atomic mass is 16.5. The second-order valence-electron chi connectivity index (χ2n) is 18.9. The van der Waals surface area contributed by atoms with Gasteiger partial charge in [0.1, 0.15) is 11.8 Å². The number of nitrogens with two attached hydrogens (primary N) is 1. The third-order valence-electron chi connectivity index (χ3n) is 12.4. The Balaban J connectivity index is 0.000000413. The number of nitrogens with one attached hydrogen (secondary N) is 2. The Morgan fingerprint density at radius 1 is 0.957 bits per heavy atom. The fourth-order valence-electron chi connectivity index (χ4n) is 8.92. The minimum atomic E-state index is -0.634. The maximum Gasteiger partial charge on any atom is 0.320 e. The van der Waals surface area contributed by atoms with Crippen LogP contribution in [0.5, 0.6) is 5.75 Å². The van der Waals surface area contributed by atoms with Gasteiger partial charge in [-0.3, -0.25) is 29.6 Å². The number of carbonyl (C=O) groups excluding carboxylic acids is 5. The number of nitrogens with zero attached hydrogens (tertiary/aromatic N) is 5. The molecule has 2 atom stereocenters. The van der Waals surface area contributed by atoms with Gasteiger partial charge in [-0.25, -0.2) is 10.2 Å². The lowest BCUT2D eigenvalue weighted by Crippen LogP contribution is -2.57. The van der Waals surface area contributed by atoms with Gasteiger partial charge in [-0.15, -0.1) is 0 Å². The van der Waals surface area contributed by atoms with Gasteiger partial charge in [0.15, 0.2) is 0 Å². The van der Waals surface area contributed by atoms with Gasteiger partial charge in [0, 0.05) is 95.4 Å². The van der Waals surface area contributed by atoms with Crippen LogP contribution in [0.15, 0.2) is 67.4 Å². The van der Waals surface area contributed by atoms with Crippen LogP contribution in [0.25, 0.3) is 33.3 Å². The number of hydrazine groups is 1. The zero-order chi connectivity index (χ0) is 51.0. The van der Waals surface area contributed by atoms with Crippen LogP contribution in [0, 0.1) is 11.3 Å². The number of urea groups is 1. The summed E-state index contributed by atoms with van der Waals surface area (Å²) in [6.07, 6.45) is 8.54. The molecule has 2 aromatic heterocycles. The minimum Gasteiger partial charge on any atom is -0.508 e. The SMILES string of the molecule is C=CC(=O)N1CCN(C(=O)N(C)C(C(N)=O)C(C)C)CC1.CCn1c(-c2cccnc2C(C)OC)c(CC(C)(C)COC(C)=O)c2cc(-c3cc(O)cc(CCCCCCNNC(C)=O)c3)ccc21. The van der Waals surface area contributed by atoms with E-state index in [4.69, 9.17) is 20.2 Å². The summed E-state index contributed by atoms with van der Waals surface area (Å²) in [5.41, 5.74) is 18.9. The number of benzene rings is 2. The number of ether oxygens (including phenoxy) is 2. The third kappa shape index (κ3) is 15.4. The number of aryl methyl sites for hydroxylation is 2. The molecule has 3 heterocycles. The van der Waals surface area contributed by atoms with Crippen molar-refractivity contribution >= 4 is 40.6 Å². The number of primary amides is 1. The van der Waals surface area contributed by atoms with Gasteiger partial charge in [-0.1, -0.05) is 59.2 Å². The van der Waals surface area contributed by atoms with Crippen LogP contribution in [0.3, 0.4) is 0 Å². The Morgan fingerprint density at radius 3 is 2.25 bits per heavy atom. The van der Waals surface area contributed by atoms with Crippen LogP contribution in [-0.4, -0.2) is 119 Å². The number of hydrogen-bond donors (Lipinski definition) is 4. The molecule has 5 N–H and O–H groups in total. The van der Waals surface area contributed by atoms with E-state index >= 15 is 0 Å². The molecule has 0 aliphatic carbocycles. The number of phenolic OH excluding ortho intramolecular Hbond substituents is 1. The van der Waals surface area contributed by atoms with Crippen molar-refractivity contribution in [3.05, 3.63) is 84.2 Å². The van der Waals surface area contributed by atoms with E-state index in [-0.39, 0.29) is 47.0 Å². The van der Waals surface area contributed by atoms with Crippen LogP contribution in [0.1, 0.15) is 104 Å². The lowest BCUT2D eigenvalue weighted by atomic mass is 9.84. The number of hydrogen-bond acceptors (Lipinski definition) is 10. The Labute approximate surface area is 408 Å². The van der Waals surface area contributed by atoms with Gasteiger partial charge in [0.05, 0.1) is 24.1 Å². The van der Waals surface area contributed by atoms with Gasteiger partial charge in [0.25, 0.3) is 0 Å². The summed E-state index contributed by atoms with van der Waals surface area (Å²) < 4.78 is 13.6. The largest absolute Gasteiger partial charge is 0.508 e. The molecule has 16 nitrogen and oxygen atoms in total. The van der Waals surface area contributed by atoms with E-state index in [1.165, 1.54) is 24.8 Å². The van der Waals surface area contributed by atoms with Gasteiger partial charge in [-0.2, -0.15) is 0 Å². The molecule has 2 unspecified atom stereocenters. The summed E-state index contributed by atoms with van der Waals surface area (Å²) in [6.45, 7) is 22.1. The molecule has 0 bridgehead atoms. The molecular weight excluding hydrogens is 877 g/mol. The zero-order valence-corrected chi connectivity index (χ0v) is 42.5. The van der Waals surface area contributed by atoms with Gasteiger partial charge < -0.3 is 39.6 Å². The van der Waals surface area contributed by atoms with Crippen LogP contribution >= 0.6 is 0 Å². The van der Waals surface area contributed by atoms with Crippen molar-refractivity contribution in [3.63, 3.8) is 0 Å². The summed E-state index contributed by atoms with van der Waals surface area (Å²) in [5.74, 6) is -0.821. The normalized spacial score (nSPS) is 13.6. The molecule has 69 heavy (non-hydrogen) atoms. The Hall–Kier alpha value is -6.26. The molecule has 2 aromatic carbocycles. The number of unbranched alkanes of at least 4 members (excludes halogenated alkanes) is 3. The number of fused-ring (bicyclic) bond motifs is 1. The molecule has 16 heteroatoms. The van der Waals surface area contributed by atoms with Crippen LogP contribution < -0.4 is 16.6 Å². The minimum absolute atomic E-state index is 0.0555. The predicted molar refractivity (Wildman–Crippen MR) is 271 cm³/mol. The molecule has 5 rings (SSSR count). The first-order valence-corrected chi connectivity index (χ1v) is 24.0. The van der Waals surface area contributed by atoms with Crippen molar-refractivity contribution in [1.82, 2.24) is 35.1 Å². The number of likely N-dealkylation sites (N-methyl/N-ethyl adjacent to an activating group) is 1. The number of esters is 1. The zero-order valence-electron chi connectivity index (χ0n) is 42.5. The number of pyridine rings is 1. The predicted octanol–water partition coefficient (Wildman–Crippen LogP) is 7.56. The van der Waals surface area contributed by atoms with E-state index in [1.54, 1.807) is 30.2 Å². The highest BCUT2D eigenvalue weighted by Gasteiger charge is 2.33. The highest BCUT2D eigenvalue weighted by Crippen LogP contribution is 2.42. The number of carbonyl (C=O) groups is 5. The summed E-state index contributed by atoms with van der Waals surface area (Å²) in [5, 5.41) is 11.9. The fraction of sp³-hybridized carbons (Fsp3) is 0.509.